The van der Waals surface area contributed by atoms with Crippen LogP contribution >= 0.6 is 0 Å². The van der Waals surface area contributed by atoms with Crippen molar-refractivity contribution in [1.82, 2.24) is 25.1 Å². The molecule has 6 nitrogen and oxygen atoms in total. The summed E-state index contributed by atoms with van der Waals surface area (Å²) in [6, 6.07) is 5.48. The molecule has 0 saturated heterocycles. The van der Waals surface area contributed by atoms with Crippen molar-refractivity contribution in [2.45, 2.75) is 6.54 Å². The lowest BCUT2D eigenvalue weighted by Gasteiger charge is -2.15. The number of benzene rings is 1. The van der Waals surface area contributed by atoms with E-state index in [9.17, 15) is 4.79 Å². The number of carbonyl (C=O) groups excluding carboxylic acids is 1. The summed E-state index contributed by atoms with van der Waals surface area (Å²) >= 11 is 0. The molecule has 2 heterocycles. The number of hydrogen-bond donors (Lipinski definition) is 2. The van der Waals surface area contributed by atoms with E-state index in [-0.39, 0.29) is 5.91 Å². The molecule has 2 aromatic heterocycles. The van der Waals surface area contributed by atoms with Gasteiger partial charge in [0.25, 0.3) is 5.91 Å². The minimum atomic E-state index is -0.0421. The van der Waals surface area contributed by atoms with E-state index in [1.54, 1.807) is 36.6 Å². The average Bonchev–Trinajstić information content (AvgIpc) is 3.07. The second-order valence-electron chi connectivity index (χ2n) is 4.37. The Hall–Kier alpha value is -2.63. The zero-order valence-corrected chi connectivity index (χ0v) is 10.4. The smallest absolute Gasteiger partial charge is 0.254 e. The van der Waals surface area contributed by atoms with E-state index in [1.165, 1.54) is 0 Å². The molecule has 19 heavy (non-hydrogen) atoms. The second kappa shape index (κ2) is 4.56. The topological polar surface area (TPSA) is 77.7 Å². The summed E-state index contributed by atoms with van der Waals surface area (Å²) in [5.74, 6) is 0.722. The van der Waals surface area contributed by atoms with Crippen molar-refractivity contribution in [3.8, 4) is 0 Å². The number of aromatic amines is 2. The van der Waals surface area contributed by atoms with Crippen LogP contribution in [0, 0.1) is 0 Å². The largest absolute Gasteiger partial charge is 0.347 e. The highest BCUT2D eigenvalue weighted by Crippen LogP contribution is 2.14. The molecule has 1 amide bonds. The van der Waals surface area contributed by atoms with Gasteiger partial charge in [-0.2, -0.15) is 5.10 Å². The number of rotatable bonds is 3. The Labute approximate surface area is 109 Å². The van der Waals surface area contributed by atoms with E-state index in [2.05, 4.69) is 20.2 Å². The van der Waals surface area contributed by atoms with E-state index in [1.807, 2.05) is 12.1 Å². The Morgan fingerprint density at radius 2 is 2.32 bits per heavy atom. The predicted octanol–water partition coefficient (Wildman–Crippen LogP) is 1.56. The molecule has 0 unspecified atom stereocenters. The monoisotopic (exact) mass is 255 g/mol. The summed E-state index contributed by atoms with van der Waals surface area (Å²) in [5, 5.41) is 7.73. The second-order valence-corrected chi connectivity index (χ2v) is 4.37. The molecule has 6 heteroatoms. The molecular weight excluding hydrogens is 242 g/mol. The first-order valence-electron chi connectivity index (χ1n) is 5.91. The van der Waals surface area contributed by atoms with Gasteiger partial charge in [-0.15, -0.1) is 0 Å². The molecule has 0 spiro atoms. The SMILES string of the molecule is CN(Cc1ncc[nH]1)C(=O)c1ccc2[nH]ncc2c1. The molecule has 1 aromatic carbocycles. The number of carbonyl (C=O) groups is 1. The van der Waals surface area contributed by atoms with Gasteiger partial charge in [0.1, 0.15) is 5.82 Å². The van der Waals surface area contributed by atoms with E-state index < -0.39 is 0 Å². The first kappa shape index (κ1) is 11.5. The number of amides is 1. The average molecular weight is 255 g/mol. The third kappa shape index (κ3) is 2.20. The van der Waals surface area contributed by atoms with Gasteiger partial charge in [-0.1, -0.05) is 0 Å². The van der Waals surface area contributed by atoms with Crippen LogP contribution in [-0.4, -0.2) is 38.0 Å². The zero-order valence-electron chi connectivity index (χ0n) is 10.4. The molecule has 0 fully saturated rings. The molecule has 0 atom stereocenters. The Balaban J connectivity index is 1.82. The van der Waals surface area contributed by atoms with Gasteiger partial charge in [0, 0.05) is 30.4 Å². The summed E-state index contributed by atoms with van der Waals surface area (Å²) in [5.41, 5.74) is 1.56. The first-order chi connectivity index (χ1) is 9.24. The maximum Gasteiger partial charge on any atom is 0.254 e. The van der Waals surface area contributed by atoms with Crippen molar-refractivity contribution in [2.24, 2.45) is 0 Å². The number of imidazole rings is 1. The van der Waals surface area contributed by atoms with E-state index >= 15 is 0 Å². The van der Waals surface area contributed by atoms with Crippen LogP contribution in [0.1, 0.15) is 16.2 Å². The van der Waals surface area contributed by atoms with Crippen LogP contribution in [0.2, 0.25) is 0 Å². The molecule has 3 rings (SSSR count). The normalized spacial score (nSPS) is 10.8. The molecule has 3 aromatic rings. The Bertz CT molecular complexity index is 701. The lowest BCUT2D eigenvalue weighted by molar-refractivity contribution is 0.0782. The van der Waals surface area contributed by atoms with Crippen molar-refractivity contribution in [3.05, 3.63) is 48.2 Å². The Kier molecular flexibility index (Phi) is 2.75. The van der Waals surface area contributed by atoms with Gasteiger partial charge in [-0.25, -0.2) is 4.98 Å². The minimum absolute atomic E-state index is 0.0421. The van der Waals surface area contributed by atoms with Crippen LogP contribution < -0.4 is 0 Å². The first-order valence-corrected chi connectivity index (χ1v) is 5.91. The summed E-state index contributed by atoms with van der Waals surface area (Å²) in [7, 11) is 1.75. The lowest BCUT2D eigenvalue weighted by Crippen LogP contribution is -2.26. The van der Waals surface area contributed by atoms with Crippen LogP contribution in [0.5, 0.6) is 0 Å². The van der Waals surface area contributed by atoms with Crippen molar-refractivity contribution in [3.63, 3.8) is 0 Å². The Morgan fingerprint density at radius 1 is 1.42 bits per heavy atom. The number of nitrogens with one attached hydrogen (secondary N) is 2. The Morgan fingerprint density at radius 3 is 3.11 bits per heavy atom. The number of aromatic nitrogens is 4. The van der Waals surface area contributed by atoms with Gasteiger partial charge < -0.3 is 9.88 Å². The molecule has 96 valence electrons. The number of hydrogen-bond acceptors (Lipinski definition) is 3. The van der Waals surface area contributed by atoms with Crippen LogP contribution in [0.3, 0.4) is 0 Å². The quantitative estimate of drug-likeness (QED) is 0.745. The predicted molar refractivity (Wildman–Crippen MR) is 70.5 cm³/mol. The summed E-state index contributed by atoms with van der Waals surface area (Å²) in [6.45, 7) is 0.454. The fraction of sp³-hybridized carbons (Fsp3) is 0.154. The molecule has 0 aliphatic heterocycles. The van der Waals surface area contributed by atoms with Gasteiger partial charge in [-0.3, -0.25) is 9.89 Å². The fourth-order valence-electron chi connectivity index (χ4n) is 1.98. The maximum atomic E-state index is 12.3. The van der Waals surface area contributed by atoms with Crippen LogP contribution in [-0.2, 0) is 6.54 Å². The van der Waals surface area contributed by atoms with Gasteiger partial charge in [0.15, 0.2) is 0 Å². The zero-order chi connectivity index (χ0) is 13.2. The van der Waals surface area contributed by atoms with Gasteiger partial charge in [0.05, 0.1) is 18.3 Å². The molecule has 0 aliphatic carbocycles. The van der Waals surface area contributed by atoms with Crippen LogP contribution in [0.4, 0.5) is 0 Å². The number of H-pyrrole nitrogens is 2. The van der Waals surface area contributed by atoms with Crippen LogP contribution in [0.15, 0.2) is 36.8 Å². The van der Waals surface area contributed by atoms with E-state index in [4.69, 9.17) is 0 Å². The molecule has 0 bridgehead atoms. The highest BCUT2D eigenvalue weighted by molar-refractivity contribution is 5.97. The van der Waals surface area contributed by atoms with Gasteiger partial charge in [-0.05, 0) is 18.2 Å². The van der Waals surface area contributed by atoms with Crippen molar-refractivity contribution >= 4 is 16.8 Å². The third-order valence-corrected chi connectivity index (χ3v) is 2.98. The fourth-order valence-corrected chi connectivity index (χ4v) is 1.98. The molecule has 0 radical (unpaired) electrons. The molecule has 0 saturated carbocycles. The standard InChI is InChI=1S/C13H13N5O/c1-18(8-12-14-4-5-15-12)13(19)9-2-3-11-10(6-9)7-16-17-11/h2-7H,8H2,1H3,(H,14,15)(H,16,17). The number of fused-ring (bicyclic) bond motifs is 1. The van der Waals surface area contributed by atoms with E-state index in [0.29, 0.717) is 12.1 Å². The third-order valence-electron chi connectivity index (χ3n) is 2.98. The maximum absolute atomic E-state index is 12.3. The minimum Gasteiger partial charge on any atom is -0.347 e. The highest BCUT2D eigenvalue weighted by Gasteiger charge is 2.13. The van der Waals surface area contributed by atoms with Gasteiger partial charge in [0.2, 0.25) is 0 Å². The van der Waals surface area contributed by atoms with E-state index in [0.717, 1.165) is 16.7 Å². The molecular formula is C13H13N5O. The highest BCUT2D eigenvalue weighted by atomic mass is 16.2. The number of nitrogens with zero attached hydrogens (tertiary/aromatic N) is 3. The summed E-state index contributed by atoms with van der Waals surface area (Å²) < 4.78 is 0. The molecule has 2 N–H and O–H groups in total. The van der Waals surface area contributed by atoms with Crippen LogP contribution in [0.25, 0.3) is 10.9 Å². The summed E-state index contributed by atoms with van der Waals surface area (Å²) in [4.78, 5) is 21.0. The van der Waals surface area contributed by atoms with Crippen molar-refractivity contribution in [2.75, 3.05) is 7.05 Å². The molecule has 0 aliphatic rings. The lowest BCUT2D eigenvalue weighted by atomic mass is 10.1. The van der Waals surface area contributed by atoms with Crippen molar-refractivity contribution < 1.29 is 4.79 Å². The van der Waals surface area contributed by atoms with Gasteiger partial charge >= 0.3 is 0 Å². The van der Waals surface area contributed by atoms with Crippen molar-refractivity contribution in [1.29, 1.82) is 0 Å². The summed E-state index contributed by atoms with van der Waals surface area (Å²) in [6.07, 6.45) is 5.12.